The fraction of sp³-hybridized carbons (Fsp3) is 0.375. The number of esters is 1. The van der Waals surface area contributed by atoms with Crippen LogP contribution in [0.5, 0.6) is 0 Å². The van der Waals surface area contributed by atoms with Crippen molar-refractivity contribution in [3.8, 4) is 0 Å². The van der Waals surface area contributed by atoms with Crippen molar-refractivity contribution in [2.45, 2.75) is 37.6 Å². The Balaban J connectivity index is 1.66. The normalized spacial score (nSPS) is 17.7. The average molecular weight is 502 g/mol. The maximum atomic E-state index is 13.2. The number of rotatable bonds is 6. The number of sulfonamides is 1. The van der Waals surface area contributed by atoms with Gasteiger partial charge in [-0.15, -0.1) is 0 Å². The lowest BCUT2D eigenvalue weighted by Gasteiger charge is -2.30. The number of aromatic nitrogens is 1. The van der Waals surface area contributed by atoms with Gasteiger partial charge in [0.05, 0.1) is 28.1 Å². The number of methoxy groups -OCH3 is 1. The first-order chi connectivity index (χ1) is 16.3. The van der Waals surface area contributed by atoms with Crippen molar-refractivity contribution in [3.05, 3.63) is 58.9 Å². The van der Waals surface area contributed by atoms with Crippen LogP contribution in [0.15, 0.2) is 58.4 Å². The maximum absolute atomic E-state index is 13.2. The van der Waals surface area contributed by atoms with Gasteiger partial charge in [-0.05, 0) is 49.1 Å². The van der Waals surface area contributed by atoms with Crippen LogP contribution in [0, 0.1) is 5.92 Å². The van der Waals surface area contributed by atoms with E-state index in [0.717, 1.165) is 22.2 Å². The molecule has 1 amide bonds. The first-order valence-electron chi connectivity index (χ1n) is 11.2. The van der Waals surface area contributed by atoms with Crippen LogP contribution in [0.2, 0.25) is 0 Å². The Bertz CT molecular complexity index is 1380. The highest BCUT2D eigenvalue weighted by Gasteiger charge is 2.33. The molecule has 2 heterocycles. The molecule has 1 aliphatic rings. The lowest BCUT2D eigenvalue weighted by Crippen LogP contribution is -2.42. The van der Waals surface area contributed by atoms with Gasteiger partial charge >= 0.3 is 5.97 Å². The highest BCUT2D eigenvalue weighted by atomic mass is 32.2. The lowest BCUT2D eigenvalue weighted by molar-refractivity contribution is -0.141. The van der Waals surface area contributed by atoms with Crippen LogP contribution in [0.4, 0.5) is 0 Å². The number of hydrogen-bond donors (Lipinski definition) is 0. The number of hydrogen-bond acceptors (Lipinski definition) is 6. The van der Waals surface area contributed by atoms with Gasteiger partial charge < -0.3 is 9.30 Å². The van der Waals surface area contributed by atoms with Crippen LogP contribution in [0.1, 0.15) is 25.3 Å². The molecule has 0 N–H and O–H groups in total. The minimum Gasteiger partial charge on any atom is -0.468 e. The molecule has 0 aliphatic carbocycles. The van der Waals surface area contributed by atoms with E-state index in [1.807, 2.05) is 18.2 Å². The molecule has 4 rings (SSSR count). The molecule has 1 aromatic heterocycles. The van der Waals surface area contributed by atoms with Gasteiger partial charge in [0.25, 0.3) is 5.91 Å². The van der Waals surface area contributed by atoms with Crippen LogP contribution in [0.3, 0.4) is 0 Å². The summed E-state index contributed by atoms with van der Waals surface area (Å²) in [6.45, 7) is 2.45. The van der Waals surface area contributed by atoms with Gasteiger partial charge in [0.2, 0.25) is 10.0 Å². The number of thiazole rings is 1. The molecule has 180 valence electrons. The second-order valence-corrected chi connectivity index (χ2v) is 11.1. The number of amides is 1. The molecule has 0 radical (unpaired) electrons. The highest BCUT2D eigenvalue weighted by Crippen LogP contribution is 2.25. The molecule has 1 unspecified atom stereocenters. The zero-order valence-electron chi connectivity index (χ0n) is 19.1. The smallest absolute Gasteiger partial charge is 0.325 e. The van der Waals surface area contributed by atoms with E-state index >= 15 is 0 Å². The number of carbonyl (C=O) groups is 2. The summed E-state index contributed by atoms with van der Waals surface area (Å²) in [5.41, 5.74) is 1.95. The zero-order valence-corrected chi connectivity index (χ0v) is 20.8. The van der Waals surface area contributed by atoms with E-state index in [1.165, 1.54) is 22.8 Å². The van der Waals surface area contributed by atoms with Crippen molar-refractivity contribution in [1.29, 1.82) is 0 Å². The van der Waals surface area contributed by atoms with E-state index in [1.54, 1.807) is 34.9 Å². The maximum Gasteiger partial charge on any atom is 0.325 e. The Hall–Kier alpha value is -2.82. The molecule has 10 heteroatoms. The third-order valence-corrected chi connectivity index (χ3v) is 8.91. The van der Waals surface area contributed by atoms with Gasteiger partial charge in [0.1, 0.15) is 6.54 Å². The topological polar surface area (TPSA) is 98.0 Å². The summed E-state index contributed by atoms with van der Waals surface area (Å²) in [6, 6.07) is 14.2. The van der Waals surface area contributed by atoms with Crippen molar-refractivity contribution in [3.63, 3.8) is 0 Å². The molecule has 0 saturated carbocycles. The Labute approximate surface area is 202 Å². The fourth-order valence-corrected chi connectivity index (χ4v) is 6.70. The Morgan fingerprint density at radius 3 is 2.65 bits per heavy atom. The molecule has 1 fully saturated rings. The van der Waals surface area contributed by atoms with Crippen molar-refractivity contribution >= 4 is 43.5 Å². The molecule has 3 aromatic rings. The summed E-state index contributed by atoms with van der Waals surface area (Å²) in [5, 5.41) is 0. The summed E-state index contributed by atoms with van der Waals surface area (Å²) in [6.07, 6.45) is 2.00. The molecular weight excluding hydrogens is 474 g/mol. The van der Waals surface area contributed by atoms with Crippen molar-refractivity contribution in [1.82, 2.24) is 8.87 Å². The third-order valence-electron chi connectivity index (χ3n) is 5.99. The molecule has 1 aliphatic heterocycles. The number of nitrogens with zero attached hydrogens (tertiary/aromatic N) is 3. The Morgan fingerprint density at radius 2 is 1.94 bits per heavy atom. The Kier molecular flexibility index (Phi) is 7.30. The van der Waals surface area contributed by atoms with E-state index < -0.39 is 21.9 Å². The molecule has 0 bridgehead atoms. The molecule has 34 heavy (non-hydrogen) atoms. The fourth-order valence-electron chi connectivity index (χ4n) is 4.06. The highest BCUT2D eigenvalue weighted by molar-refractivity contribution is 7.89. The average Bonchev–Trinajstić information content (AvgIpc) is 3.20. The van der Waals surface area contributed by atoms with E-state index in [-0.39, 0.29) is 23.9 Å². The number of carbonyl (C=O) groups excluding carboxylic acids is 2. The first kappa shape index (κ1) is 24.3. The van der Waals surface area contributed by atoms with Crippen molar-refractivity contribution in [2.75, 3.05) is 20.2 Å². The van der Waals surface area contributed by atoms with E-state index in [4.69, 9.17) is 4.74 Å². The predicted octanol–water partition coefficient (Wildman–Crippen LogP) is 2.97. The number of ether oxygens (including phenoxy) is 1. The van der Waals surface area contributed by atoms with Gasteiger partial charge in [0, 0.05) is 13.1 Å². The van der Waals surface area contributed by atoms with Gasteiger partial charge in [0.15, 0.2) is 4.80 Å². The molecular formula is C24H27N3O5S2. The molecule has 2 aromatic carbocycles. The first-order valence-corrected chi connectivity index (χ1v) is 13.4. The molecule has 8 nitrogen and oxygen atoms in total. The monoisotopic (exact) mass is 501 g/mol. The second kappa shape index (κ2) is 10.2. The predicted molar refractivity (Wildman–Crippen MR) is 130 cm³/mol. The van der Waals surface area contributed by atoms with Gasteiger partial charge in [-0.3, -0.25) is 9.59 Å². The lowest BCUT2D eigenvalue weighted by atomic mass is 9.99. The zero-order chi connectivity index (χ0) is 24.3. The number of benzene rings is 2. The summed E-state index contributed by atoms with van der Waals surface area (Å²) in [5.74, 6) is -1.37. The summed E-state index contributed by atoms with van der Waals surface area (Å²) in [7, 11) is -2.36. The quantitative estimate of drug-likeness (QED) is 0.484. The second-order valence-electron chi connectivity index (χ2n) is 8.17. The van der Waals surface area contributed by atoms with Crippen LogP contribution in [-0.2, 0) is 37.3 Å². The van der Waals surface area contributed by atoms with Crippen LogP contribution in [-0.4, -0.2) is 49.4 Å². The molecule has 1 atom stereocenters. The SMILES string of the molecule is CCc1ccc2c(c1)sc(=NC(=O)C1CCCN(S(=O)(=O)c3ccccc3)C1)n2CC(=O)OC. The van der Waals surface area contributed by atoms with Crippen LogP contribution in [0.25, 0.3) is 10.2 Å². The Morgan fingerprint density at radius 1 is 1.18 bits per heavy atom. The minimum atomic E-state index is -3.68. The number of aryl methyl sites for hydroxylation is 1. The summed E-state index contributed by atoms with van der Waals surface area (Å²) < 4.78 is 34.9. The van der Waals surface area contributed by atoms with Crippen molar-refractivity contribution < 1.29 is 22.7 Å². The summed E-state index contributed by atoms with van der Waals surface area (Å²) in [4.78, 5) is 30.2. The molecule has 0 spiro atoms. The van der Waals surface area contributed by atoms with E-state index in [0.29, 0.717) is 24.2 Å². The van der Waals surface area contributed by atoms with Gasteiger partial charge in [-0.2, -0.15) is 9.30 Å². The van der Waals surface area contributed by atoms with Crippen molar-refractivity contribution in [2.24, 2.45) is 10.9 Å². The van der Waals surface area contributed by atoms with Crippen LogP contribution >= 0.6 is 11.3 Å². The standard InChI is InChI=1S/C24H27N3O5S2/c1-3-17-11-12-20-21(14-17)33-24(27(20)16-22(28)32-2)25-23(29)18-8-7-13-26(15-18)34(30,31)19-9-5-4-6-10-19/h4-6,9-12,14,18H,3,7-8,13,15-16H2,1-2H3. The van der Waals surface area contributed by atoms with E-state index in [9.17, 15) is 18.0 Å². The van der Waals surface area contributed by atoms with E-state index in [2.05, 4.69) is 11.9 Å². The summed E-state index contributed by atoms with van der Waals surface area (Å²) >= 11 is 1.34. The molecule has 1 saturated heterocycles. The van der Waals surface area contributed by atoms with Gasteiger partial charge in [-0.1, -0.05) is 42.5 Å². The number of fused-ring (bicyclic) bond motifs is 1. The number of piperidine rings is 1. The minimum absolute atomic E-state index is 0.0622. The largest absolute Gasteiger partial charge is 0.468 e. The third kappa shape index (κ3) is 4.98. The van der Waals surface area contributed by atoms with Gasteiger partial charge in [-0.25, -0.2) is 8.42 Å². The van der Waals surface area contributed by atoms with Crippen LogP contribution < -0.4 is 4.80 Å².